The van der Waals surface area contributed by atoms with Crippen molar-refractivity contribution in [3.63, 3.8) is 0 Å². The first-order chi connectivity index (χ1) is 9.54. The Bertz CT molecular complexity index is 483. The molecule has 0 radical (unpaired) electrons. The predicted octanol–water partition coefficient (Wildman–Crippen LogP) is 2.03. The van der Waals surface area contributed by atoms with Crippen LogP contribution in [0.4, 0.5) is 4.79 Å². The largest absolute Gasteiger partial charge is 0.481 e. The fraction of sp³-hybridized carbons (Fsp3) is 0.571. The van der Waals surface area contributed by atoms with Gasteiger partial charge in [0, 0.05) is 6.04 Å². The van der Waals surface area contributed by atoms with E-state index in [1.165, 1.54) is 0 Å². The number of hydrogen-bond acceptors (Lipinski definition) is 3. The molecule has 1 heterocycles. The van der Waals surface area contributed by atoms with Crippen LogP contribution in [0, 0.1) is 12.8 Å². The monoisotopic (exact) mass is 280 g/mol. The molecule has 110 valence electrons. The highest BCUT2D eigenvalue weighted by Crippen LogP contribution is 2.24. The lowest BCUT2D eigenvalue weighted by atomic mass is 9.86. The van der Waals surface area contributed by atoms with E-state index in [4.69, 9.17) is 9.52 Å². The minimum atomic E-state index is -0.775. The lowest BCUT2D eigenvalue weighted by Crippen LogP contribution is -2.44. The SMILES string of the molecule is Cc1ccc(CNC(=O)NC2CCCC(C(=O)O)C2)o1. The molecule has 2 atom stereocenters. The highest BCUT2D eigenvalue weighted by Gasteiger charge is 2.27. The molecule has 0 aromatic carbocycles. The summed E-state index contributed by atoms with van der Waals surface area (Å²) in [6, 6.07) is 3.31. The maximum Gasteiger partial charge on any atom is 0.315 e. The van der Waals surface area contributed by atoms with Gasteiger partial charge < -0.3 is 20.2 Å². The van der Waals surface area contributed by atoms with Crippen molar-refractivity contribution < 1.29 is 19.1 Å². The molecule has 6 heteroatoms. The summed E-state index contributed by atoms with van der Waals surface area (Å²) in [6.07, 6.45) is 2.86. The van der Waals surface area contributed by atoms with Crippen molar-refractivity contribution in [2.75, 3.05) is 0 Å². The van der Waals surface area contributed by atoms with Crippen molar-refractivity contribution in [3.8, 4) is 0 Å². The van der Waals surface area contributed by atoms with Crippen molar-refractivity contribution in [2.24, 2.45) is 5.92 Å². The van der Waals surface area contributed by atoms with Gasteiger partial charge in [-0.3, -0.25) is 4.79 Å². The molecule has 6 nitrogen and oxygen atoms in total. The van der Waals surface area contributed by atoms with Crippen LogP contribution < -0.4 is 10.6 Å². The van der Waals surface area contributed by atoms with Crippen LogP contribution in [0.1, 0.15) is 37.2 Å². The van der Waals surface area contributed by atoms with E-state index in [1.54, 1.807) is 0 Å². The fourth-order valence-corrected chi connectivity index (χ4v) is 2.53. The first-order valence-corrected chi connectivity index (χ1v) is 6.87. The molecule has 2 amide bonds. The summed E-state index contributed by atoms with van der Waals surface area (Å²) in [4.78, 5) is 22.7. The zero-order valence-corrected chi connectivity index (χ0v) is 11.5. The number of rotatable bonds is 4. The quantitative estimate of drug-likeness (QED) is 0.787. The van der Waals surface area contributed by atoms with Gasteiger partial charge in [-0.1, -0.05) is 6.42 Å². The second kappa shape index (κ2) is 6.45. The Hall–Kier alpha value is -1.98. The zero-order chi connectivity index (χ0) is 14.5. The summed E-state index contributed by atoms with van der Waals surface area (Å²) in [5.74, 6) is 0.383. The van der Waals surface area contributed by atoms with Gasteiger partial charge in [-0.25, -0.2) is 4.79 Å². The Morgan fingerprint density at radius 1 is 1.40 bits per heavy atom. The molecule has 1 saturated carbocycles. The van der Waals surface area contributed by atoms with Crippen molar-refractivity contribution in [1.82, 2.24) is 10.6 Å². The number of amides is 2. The number of carboxylic acids is 1. The molecule has 0 spiro atoms. The summed E-state index contributed by atoms with van der Waals surface area (Å²) in [6.45, 7) is 2.17. The van der Waals surface area contributed by atoms with Crippen molar-refractivity contribution in [3.05, 3.63) is 23.7 Å². The molecule has 3 N–H and O–H groups in total. The highest BCUT2D eigenvalue weighted by molar-refractivity contribution is 5.74. The Morgan fingerprint density at radius 3 is 2.85 bits per heavy atom. The molecule has 20 heavy (non-hydrogen) atoms. The van der Waals surface area contributed by atoms with Crippen LogP contribution in [0.2, 0.25) is 0 Å². The predicted molar refractivity (Wildman–Crippen MR) is 72.2 cm³/mol. The molecule has 1 aromatic heterocycles. The summed E-state index contributed by atoms with van der Waals surface area (Å²) in [7, 11) is 0. The number of nitrogens with one attached hydrogen (secondary N) is 2. The average molecular weight is 280 g/mol. The molecule has 1 aliphatic rings. The minimum Gasteiger partial charge on any atom is -0.481 e. The lowest BCUT2D eigenvalue weighted by molar-refractivity contribution is -0.143. The van der Waals surface area contributed by atoms with Gasteiger partial charge in [-0.2, -0.15) is 0 Å². The number of urea groups is 1. The Kier molecular flexibility index (Phi) is 4.65. The Labute approximate surface area is 117 Å². The number of carboxylic acid groups (broad SMARTS) is 1. The van der Waals surface area contributed by atoms with Gasteiger partial charge in [0.15, 0.2) is 0 Å². The second-order valence-electron chi connectivity index (χ2n) is 5.24. The lowest BCUT2D eigenvalue weighted by Gasteiger charge is -2.27. The molecule has 0 saturated heterocycles. The van der Waals surface area contributed by atoms with E-state index in [0.29, 0.717) is 25.1 Å². The molecule has 1 fully saturated rings. The first kappa shape index (κ1) is 14.4. The van der Waals surface area contributed by atoms with Gasteiger partial charge in [0.05, 0.1) is 12.5 Å². The molecule has 0 aliphatic heterocycles. The third-order valence-electron chi connectivity index (χ3n) is 3.58. The number of aryl methyl sites for hydroxylation is 1. The molecule has 1 aliphatic carbocycles. The van der Waals surface area contributed by atoms with E-state index < -0.39 is 5.97 Å². The van der Waals surface area contributed by atoms with Crippen molar-refractivity contribution in [1.29, 1.82) is 0 Å². The van der Waals surface area contributed by atoms with Crippen LogP contribution in [-0.4, -0.2) is 23.1 Å². The molecular formula is C14H20N2O4. The number of carbonyl (C=O) groups excluding carboxylic acids is 1. The Balaban J connectivity index is 1.75. The third-order valence-corrected chi connectivity index (χ3v) is 3.58. The maximum absolute atomic E-state index is 11.8. The van der Waals surface area contributed by atoms with E-state index >= 15 is 0 Å². The molecule has 2 rings (SSSR count). The van der Waals surface area contributed by atoms with E-state index in [2.05, 4.69) is 10.6 Å². The van der Waals surface area contributed by atoms with E-state index in [0.717, 1.165) is 18.6 Å². The summed E-state index contributed by atoms with van der Waals surface area (Å²) in [5.41, 5.74) is 0. The van der Waals surface area contributed by atoms with Crippen molar-refractivity contribution >= 4 is 12.0 Å². The van der Waals surface area contributed by atoms with Gasteiger partial charge in [0.2, 0.25) is 0 Å². The van der Waals surface area contributed by atoms with Crippen LogP contribution in [0.3, 0.4) is 0 Å². The summed E-state index contributed by atoms with van der Waals surface area (Å²) in [5, 5.41) is 14.5. The van der Waals surface area contributed by atoms with Gasteiger partial charge in [0.25, 0.3) is 0 Å². The molecule has 2 unspecified atom stereocenters. The van der Waals surface area contributed by atoms with Crippen LogP contribution in [0.25, 0.3) is 0 Å². The minimum absolute atomic E-state index is 0.0665. The summed E-state index contributed by atoms with van der Waals surface area (Å²) >= 11 is 0. The number of aliphatic carboxylic acids is 1. The topological polar surface area (TPSA) is 91.6 Å². The smallest absolute Gasteiger partial charge is 0.315 e. The Morgan fingerprint density at radius 2 is 2.20 bits per heavy atom. The van der Waals surface area contributed by atoms with E-state index in [9.17, 15) is 9.59 Å². The normalized spacial score (nSPS) is 22.2. The zero-order valence-electron chi connectivity index (χ0n) is 11.5. The van der Waals surface area contributed by atoms with Crippen LogP contribution in [0.5, 0.6) is 0 Å². The number of carbonyl (C=O) groups is 2. The average Bonchev–Trinajstić information content (AvgIpc) is 2.82. The van der Waals surface area contributed by atoms with Gasteiger partial charge in [-0.05, 0) is 38.3 Å². The summed E-state index contributed by atoms with van der Waals surface area (Å²) < 4.78 is 5.35. The fourth-order valence-electron chi connectivity index (χ4n) is 2.53. The first-order valence-electron chi connectivity index (χ1n) is 6.87. The van der Waals surface area contributed by atoms with E-state index in [-0.39, 0.29) is 18.0 Å². The van der Waals surface area contributed by atoms with Gasteiger partial charge in [-0.15, -0.1) is 0 Å². The standard InChI is InChI=1S/C14H20N2O4/c1-9-5-6-12(20-9)8-15-14(19)16-11-4-2-3-10(7-11)13(17)18/h5-6,10-11H,2-4,7-8H2,1H3,(H,17,18)(H2,15,16,19). The van der Waals surface area contributed by atoms with Crippen LogP contribution in [-0.2, 0) is 11.3 Å². The molecule has 1 aromatic rings. The van der Waals surface area contributed by atoms with Gasteiger partial charge >= 0.3 is 12.0 Å². The second-order valence-corrected chi connectivity index (χ2v) is 5.24. The third kappa shape index (κ3) is 4.01. The van der Waals surface area contributed by atoms with Crippen LogP contribution in [0.15, 0.2) is 16.5 Å². The van der Waals surface area contributed by atoms with Gasteiger partial charge in [0.1, 0.15) is 11.5 Å². The molecule has 0 bridgehead atoms. The van der Waals surface area contributed by atoms with Crippen LogP contribution >= 0.6 is 0 Å². The van der Waals surface area contributed by atoms with E-state index in [1.807, 2.05) is 19.1 Å². The maximum atomic E-state index is 11.8. The number of furan rings is 1. The number of hydrogen-bond donors (Lipinski definition) is 3. The molecular weight excluding hydrogens is 260 g/mol. The highest BCUT2D eigenvalue weighted by atomic mass is 16.4. The van der Waals surface area contributed by atoms with Crippen molar-refractivity contribution in [2.45, 2.75) is 45.2 Å².